The Hall–Kier alpha value is -3.88. The van der Waals surface area contributed by atoms with Crippen molar-refractivity contribution in [2.45, 2.75) is 51.8 Å². The molecule has 1 heterocycles. The summed E-state index contributed by atoms with van der Waals surface area (Å²) in [5.74, 6) is -0.0115. The fourth-order valence-electron chi connectivity index (χ4n) is 3.85. The number of aromatic nitrogens is 1. The van der Waals surface area contributed by atoms with Crippen LogP contribution in [-0.2, 0) is 17.7 Å². The van der Waals surface area contributed by atoms with Gasteiger partial charge in [0.05, 0.1) is 11.6 Å². The number of halogens is 1. The summed E-state index contributed by atoms with van der Waals surface area (Å²) in [6, 6.07) is 13.0. The molecule has 3 amide bonds. The Morgan fingerprint density at radius 3 is 2.74 bits per heavy atom. The molecular formula is C25H27FN4O4. The van der Waals surface area contributed by atoms with E-state index in [1.165, 1.54) is 12.1 Å². The Morgan fingerprint density at radius 1 is 1.18 bits per heavy atom. The lowest BCUT2D eigenvalue weighted by atomic mass is 10.0. The van der Waals surface area contributed by atoms with Crippen LogP contribution in [-0.4, -0.2) is 22.9 Å². The molecule has 0 bridgehead atoms. The van der Waals surface area contributed by atoms with Crippen LogP contribution in [0.5, 0.6) is 0 Å². The number of carbonyl (C=O) groups is 2. The van der Waals surface area contributed by atoms with Gasteiger partial charge in [0.15, 0.2) is 11.6 Å². The van der Waals surface area contributed by atoms with E-state index >= 15 is 0 Å². The average molecular weight is 467 g/mol. The SMILES string of the molecule is CC(C)(C)OC(=O)NCc1ccc2c(c1)CCC2NC(=O)Nc1cc(-c2ccccc2F)on1. The van der Waals surface area contributed by atoms with Crippen molar-refractivity contribution in [3.63, 3.8) is 0 Å². The summed E-state index contributed by atoms with van der Waals surface area (Å²) in [5, 5.41) is 12.1. The topological polar surface area (TPSA) is 105 Å². The number of benzene rings is 2. The van der Waals surface area contributed by atoms with Crippen LogP contribution in [0.15, 0.2) is 53.1 Å². The minimum Gasteiger partial charge on any atom is -0.444 e. The summed E-state index contributed by atoms with van der Waals surface area (Å²) in [5.41, 5.74) is 2.83. The summed E-state index contributed by atoms with van der Waals surface area (Å²) >= 11 is 0. The Labute approximate surface area is 196 Å². The molecule has 178 valence electrons. The first-order valence-electron chi connectivity index (χ1n) is 11.1. The van der Waals surface area contributed by atoms with E-state index in [1.54, 1.807) is 18.2 Å². The highest BCUT2D eigenvalue weighted by Gasteiger charge is 2.25. The lowest BCUT2D eigenvalue weighted by molar-refractivity contribution is 0.0523. The number of urea groups is 1. The minimum atomic E-state index is -0.549. The highest BCUT2D eigenvalue weighted by atomic mass is 19.1. The van der Waals surface area contributed by atoms with Crippen LogP contribution in [0.3, 0.4) is 0 Å². The third-order valence-corrected chi connectivity index (χ3v) is 5.32. The molecule has 4 rings (SSSR count). The molecule has 3 aromatic rings. The lowest BCUT2D eigenvalue weighted by Crippen LogP contribution is -2.32. The number of carbonyl (C=O) groups excluding carboxylic acids is 2. The second kappa shape index (κ2) is 9.54. The van der Waals surface area contributed by atoms with Crippen molar-refractivity contribution in [2.75, 3.05) is 5.32 Å². The molecule has 0 saturated carbocycles. The quantitative estimate of drug-likeness (QED) is 0.472. The van der Waals surface area contributed by atoms with Gasteiger partial charge in [-0.05, 0) is 62.4 Å². The summed E-state index contributed by atoms with van der Waals surface area (Å²) in [6.07, 6.45) is 1.10. The second-order valence-corrected chi connectivity index (χ2v) is 9.13. The third kappa shape index (κ3) is 5.72. The Kier molecular flexibility index (Phi) is 6.54. The van der Waals surface area contributed by atoms with Crippen molar-refractivity contribution >= 4 is 17.9 Å². The minimum absolute atomic E-state index is 0.152. The molecular weight excluding hydrogens is 439 g/mol. The number of rotatable bonds is 5. The molecule has 1 aliphatic rings. The van der Waals surface area contributed by atoms with Gasteiger partial charge in [0.2, 0.25) is 0 Å². The number of amides is 3. The van der Waals surface area contributed by atoms with E-state index in [9.17, 15) is 14.0 Å². The molecule has 0 spiro atoms. The zero-order chi connectivity index (χ0) is 24.3. The highest BCUT2D eigenvalue weighted by molar-refractivity contribution is 5.89. The zero-order valence-electron chi connectivity index (χ0n) is 19.3. The molecule has 3 N–H and O–H groups in total. The van der Waals surface area contributed by atoms with E-state index < -0.39 is 23.5 Å². The highest BCUT2D eigenvalue weighted by Crippen LogP contribution is 2.32. The maximum Gasteiger partial charge on any atom is 0.407 e. The lowest BCUT2D eigenvalue weighted by Gasteiger charge is -2.19. The summed E-state index contributed by atoms with van der Waals surface area (Å²) in [6.45, 7) is 5.80. The van der Waals surface area contributed by atoms with Gasteiger partial charge in [-0.15, -0.1) is 0 Å². The number of fused-ring (bicyclic) bond motifs is 1. The van der Waals surface area contributed by atoms with Gasteiger partial charge >= 0.3 is 12.1 Å². The van der Waals surface area contributed by atoms with Crippen molar-refractivity contribution in [3.8, 4) is 11.3 Å². The predicted octanol–water partition coefficient (Wildman–Crippen LogP) is 5.31. The van der Waals surface area contributed by atoms with Crippen LogP contribution in [0, 0.1) is 5.82 Å². The van der Waals surface area contributed by atoms with Gasteiger partial charge in [-0.2, -0.15) is 0 Å². The third-order valence-electron chi connectivity index (χ3n) is 5.32. The second-order valence-electron chi connectivity index (χ2n) is 9.13. The normalized spacial score (nSPS) is 14.9. The molecule has 0 saturated heterocycles. The van der Waals surface area contributed by atoms with Gasteiger partial charge in [0.1, 0.15) is 11.4 Å². The van der Waals surface area contributed by atoms with Crippen LogP contribution >= 0.6 is 0 Å². The first kappa shape index (κ1) is 23.3. The van der Waals surface area contributed by atoms with Crippen molar-refractivity contribution in [2.24, 2.45) is 0 Å². The van der Waals surface area contributed by atoms with Crippen molar-refractivity contribution < 1.29 is 23.2 Å². The molecule has 0 aliphatic heterocycles. The Bertz CT molecular complexity index is 1200. The van der Waals surface area contributed by atoms with Crippen LogP contribution in [0.25, 0.3) is 11.3 Å². The number of ether oxygens (including phenoxy) is 1. The van der Waals surface area contributed by atoms with Gasteiger partial charge in [-0.1, -0.05) is 35.5 Å². The predicted molar refractivity (Wildman–Crippen MR) is 125 cm³/mol. The largest absolute Gasteiger partial charge is 0.444 e. The first-order chi connectivity index (χ1) is 16.2. The van der Waals surface area contributed by atoms with E-state index in [2.05, 4.69) is 21.1 Å². The summed E-state index contributed by atoms with van der Waals surface area (Å²) in [7, 11) is 0. The van der Waals surface area contributed by atoms with Crippen LogP contribution in [0.1, 0.15) is 49.9 Å². The summed E-state index contributed by atoms with van der Waals surface area (Å²) in [4.78, 5) is 24.4. The molecule has 1 aromatic heterocycles. The smallest absolute Gasteiger partial charge is 0.407 e. The van der Waals surface area contributed by atoms with E-state index in [1.807, 2.05) is 39.0 Å². The maximum absolute atomic E-state index is 13.9. The van der Waals surface area contributed by atoms with Crippen LogP contribution < -0.4 is 16.0 Å². The fourth-order valence-corrected chi connectivity index (χ4v) is 3.85. The molecule has 8 nitrogen and oxygen atoms in total. The van der Waals surface area contributed by atoms with E-state index in [4.69, 9.17) is 9.26 Å². The van der Waals surface area contributed by atoms with Gasteiger partial charge in [-0.25, -0.2) is 14.0 Å². The summed E-state index contributed by atoms with van der Waals surface area (Å²) < 4.78 is 24.4. The number of aryl methyl sites for hydroxylation is 1. The van der Waals surface area contributed by atoms with E-state index in [0.717, 1.165) is 29.5 Å². The molecule has 1 atom stereocenters. The van der Waals surface area contributed by atoms with Gasteiger partial charge in [0.25, 0.3) is 0 Å². The number of hydrogen-bond donors (Lipinski definition) is 3. The van der Waals surface area contributed by atoms with Gasteiger partial charge < -0.3 is 19.9 Å². The fraction of sp³-hybridized carbons (Fsp3) is 0.320. The van der Waals surface area contributed by atoms with Crippen molar-refractivity contribution in [1.29, 1.82) is 0 Å². The van der Waals surface area contributed by atoms with Crippen molar-refractivity contribution in [3.05, 3.63) is 71.0 Å². The Balaban J connectivity index is 1.33. The van der Waals surface area contributed by atoms with Crippen molar-refractivity contribution in [1.82, 2.24) is 15.8 Å². The molecule has 1 unspecified atom stereocenters. The Morgan fingerprint density at radius 2 is 1.97 bits per heavy atom. The molecule has 1 aliphatic carbocycles. The molecule has 34 heavy (non-hydrogen) atoms. The number of anilines is 1. The molecule has 2 aromatic carbocycles. The van der Waals surface area contributed by atoms with Crippen LogP contribution in [0.4, 0.5) is 19.8 Å². The van der Waals surface area contributed by atoms with Gasteiger partial charge in [-0.3, -0.25) is 5.32 Å². The van der Waals surface area contributed by atoms with E-state index in [0.29, 0.717) is 6.54 Å². The number of alkyl carbamates (subject to hydrolysis) is 1. The zero-order valence-corrected chi connectivity index (χ0v) is 19.3. The van der Waals surface area contributed by atoms with Crippen LogP contribution in [0.2, 0.25) is 0 Å². The van der Waals surface area contributed by atoms with Gasteiger partial charge in [0, 0.05) is 12.6 Å². The number of nitrogens with zero attached hydrogens (tertiary/aromatic N) is 1. The molecule has 9 heteroatoms. The molecule has 0 radical (unpaired) electrons. The van der Waals surface area contributed by atoms with E-state index in [-0.39, 0.29) is 23.2 Å². The standard InChI is InChI=1S/C25H27FN4O4/c1-25(2,3)33-24(32)27-14-15-8-10-17-16(12-15)9-11-20(17)28-23(31)29-22-13-21(34-30-22)18-6-4-5-7-19(18)26/h4-8,10,12-13,20H,9,11,14H2,1-3H3,(H,27,32)(H2,28,29,30,31). The monoisotopic (exact) mass is 466 g/mol. The number of hydrogen-bond acceptors (Lipinski definition) is 5. The maximum atomic E-state index is 13.9. The average Bonchev–Trinajstić information content (AvgIpc) is 3.38. The molecule has 0 fully saturated rings. The number of nitrogens with one attached hydrogen (secondary N) is 3. The first-order valence-corrected chi connectivity index (χ1v) is 11.1.